The zero-order valence-electron chi connectivity index (χ0n) is 12.0. The molecule has 1 rings (SSSR count). The molecule has 1 aromatic carbocycles. The molecule has 0 heterocycles. The van der Waals surface area contributed by atoms with Crippen LogP contribution in [0.2, 0.25) is 10.0 Å². The molecule has 0 unspecified atom stereocenters. The average molecular weight is 349 g/mol. The fraction of sp³-hybridized carbons (Fsp3) is 0.429. The Hall–Kier alpha value is -0.910. The van der Waals surface area contributed by atoms with Gasteiger partial charge in [-0.1, -0.05) is 30.1 Å². The van der Waals surface area contributed by atoms with Gasteiger partial charge in [0.25, 0.3) is 0 Å². The number of hydrogen-bond acceptors (Lipinski definition) is 3. The van der Waals surface area contributed by atoms with Gasteiger partial charge in [-0.2, -0.15) is 11.8 Å². The Kier molecular flexibility index (Phi) is 7.93. The van der Waals surface area contributed by atoms with E-state index < -0.39 is 0 Å². The summed E-state index contributed by atoms with van der Waals surface area (Å²) in [6, 6.07) is 4.84. The Morgan fingerprint density at radius 1 is 1.33 bits per heavy atom. The summed E-state index contributed by atoms with van der Waals surface area (Å²) in [6.45, 7) is 2.54. The average Bonchev–Trinajstić information content (AvgIpc) is 2.42. The summed E-state index contributed by atoms with van der Waals surface area (Å²) in [4.78, 5) is 25.5. The van der Waals surface area contributed by atoms with Crippen molar-refractivity contribution in [2.45, 2.75) is 13.3 Å². The zero-order chi connectivity index (χ0) is 15.8. The highest BCUT2D eigenvalue weighted by Crippen LogP contribution is 2.25. The van der Waals surface area contributed by atoms with Crippen LogP contribution in [0.5, 0.6) is 0 Å². The van der Waals surface area contributed by atoms with Crippen LogP contribution >= 0.6 is 35.0 Å². The highest BCUT2D eigenvalue weighted by molar-refractivity contribution is 7.99. The fourth-order valence-corrected chi connectivity index (χ4v) is 2.62. The third-order valence-corrected chi connectivity index (χ3v) is 3.74. The highest BCUT2D eigenvalue weighted by Gasteiger charge is 2.16. The minimum absolute atomic E-state index is 0.0200. The van der Waals surface area contributed by atoms with Crippen LogP contribution in [0.25, 0.3) is 0 Å². The van der Waals surface area contributed by atoms with Gasteiger partial charge in [0.2, 0.25) is 11.8 Å². The molecule has 4 nitrogen and oxygen atoms in total. The molecule has 0 atom stereocenters. The number of thioether (sulfide) groups is 1. The van der Waals surface area contributed by atoms with Crippen LogP contribution in [-0.2, 0) is 9.59 Å². The van der Waals surface area contributed by atoms with Gasteiger partial charge in [-0.15, -0.1) is 0 Å². The van der Waals surface area contributed by atoms with Gasteiger partial charge in [-0.3, -0.25) is 9.59 Å². The van der Waals surface area contributed by atoms with Crippen molar-refractivity contribution in [3.63, 3.8) is 0 Å². The molecular weight excluding hydrogens is 331 g/mol. The second kappa shape index (κ2) is 9.18. The number of benzene rings is 1. The Morgan fingerprint density at radius 3 is 2.62 bits per heavy atom. The number of carbonyl (C=O) groups is 2. The SMILES string of the molecule is CCCN(CC(=O)Nc1ccc(Cl)cc1Cl)C(=O)CSC. The molecule has 0 bridgehead atoms. The Labute approximate surface area is 139 Å². The number of halogens is 2. The molecule has 0 aliphatic rings. The summed E-state index contributed by atoms with van der Waals surface area (Å²) in [5, 5.41) is 3.56. The molecule has 1 aromatic rings. The first-order valence-corrected chi connectivity index (χ1v) is 8.64. The van der Waals surface area contributed by atoms with E-state index in [1.54, 1.807) is 23.1 Å². The monoisotopic (exact) mass is 348 g/mol. The van der Waals surface area contributed by atoms with Gasteiger partial charge in [0, 0.05) is 11.6 Å². The van der Waals surface area contributed by atoms with Crippen molar-refractivity contribution in [1.82, 2.24) is 4.90 Å². The third kappa shape index (κ3) is 6.16. The summed E-state index contributed by atoms with van der Waals surface area (Å²) >= 11 is 13.2. The summed E-state index contributed by atoms with van der Waals surface area (Å²) < 4.78 is 0. The van der Waals surface area contributed by atoms with Crippen LogP contribution in [0.1, 0.15) is 13.3 Å². The second-order valence-corrected chi connectivity index (χ2v) is 6.13. The fourth-order valence-electron chi connectivity index (χ4n) is 1.73. The normalized spacial score (nSPS) is 10.3. The molecular formula is C14H18Cl2N2O2S. The maximum absolute atomic E-state index is 12.0. The summed E-state index contributed by atoms with van der Waals surface area (Å²) in [5.41, 5.74) is 0.486. The lowest BCUT2D eigenvalue weighted by Gasteiger charge is -2.21. The standard InChI is InChI=1S/C14H18Cl2N2O2S/c1-3-6-18(14(20)9-21-2)8-13(19)17-12-5-4-10(15)7-11(12)16/h4-5,7H,3,6,8-9H2,1-2H3,(H,17,19). The van der Waals surface area contributed by atoms with Crippen LogP contribution < -0.4 is 5.32 Å². The lowest BCUT2D eigenvalue weighted by Crippen LogP contribution is -2.39. The van der Waals surface area contributed by atoms with Gasteiger partial charge in [-0.25, -0.2) is 0 Å². The Bertz CT molecular complexity index is 512. The summed E-state index contributed by atoms with van der Waals surface area (Å²) in [7, 11) is 0. The lowest BCUT2D eigenvalue weighted by molar-refractivity contribution is -0.132. The number of hydrogen-bond donors (Lipinski definition) is 1. The number of amides is 2. The quantitative estimate of drug-likeness (QED) is 0.819. The van der Waals surface area contributed by atoms with Crippen molar-refractivity contribution < 1.29 is 9.59 Å². The van der Waals surface area contributed by atoms with E-state index in [0.29, 0.717) is 28.0 Å². The minimum Gasteiger partial charge on any atom is -0.333 e. The smallest absolute Gasteiger partial charge is 0.244 e. The molecule has 2 amide bonds. The zero-order valence-corrected chi connectivity index (χ0v) is 14.3. The lowest BCUT2D eigenvalue weighted by atomic mass is 10.3. The first-order chi connectivity index (χ1) is 9.97. The number of nitrogens with zero attached hydrogens (tertiary/aromatic N) is 1. The van der Waals surface area contributed by atoms with Crippen LogP contribution in [0, 0.1) is 0 Å². The van der Waals surface area contributed by atoms with Crippen molar-refractivity contribution in [3.05, 3.63) is 28.2 Å². The van der Waals surface area contributed by atoms with E-state index >= 15 is 0 Å². The molecule has 0 aliphatic carbocycles. The predicted octanol–water partition coefficient (Wildman–Crippen LogP) is 3.53. The van der Waals surface area contributed by atoms with E-state index in [1.807, 2.05) is 13.2 Å². The van der Waals surface area contributed by atoms with Crippen LogP contribution in [-0.4, -0.2) is 41.8 Å². The van der Waals surface area contributed by atoms with Crippen LogP contribution in [0.3, 0.4) is 0 Å². The number of carbonyl (C=O) groups excluding carboxylic acids is 2. The van der Waals surface area contributed by atoms with Crippen LogP contribution in [0.4, 0.5) is 5.69 Å². The molecule has 0 aliphatic heterocycles. The number of nitrogens with one attached hydrogen (secondary N) is 1. The van der Waals surface area contributed by atoms with Gasteiger partial charge < -0.3 is 10.2 Å². The second-order valence-electron chi connectivity index (χ2n) is 4.42. The first-order valence-electron chi connectivity index (χ1n) is 6.49. The van der Waals surface area contributed by atoms with E-state index in [9.17, 15) is 9.59 Å². The van der Waals surface area contributed by atoms with E-state index in [4.69, 9.17) is 23.2 Å². The molecule has 0 aromatic heterocycles. The van der Waals surface area contributed by atoms with E-state index in [1.165, 1.54) is 11.8 Å². The molecule has 0 saturated carbocycles. The molecule has 0 spiro atoms. The Balaban J connectivity index is 2.67. The molecule has 7 heteroatoms. The van der Waals surface area contributed by atoms with Gasteiger partial charge in [-0.05, 0) is 30.9 Å². The maximum atomic E-state index is 12.0. The Morgan fingerprint density at radius 2 is 2.05 bits per heavy atom. The number of anilines is 1. The minimum atomic E-state index is -0.276. The highest BCUT2D eigenvalue weighted by atomic mass is 35.5. The largest absolute Gasteiger partial charge is 0.333 e. The maximum Gasteiger partial charge on any atom is 0.244 e. The van der Waals surface area contributed by atoms with Crippen molar-refractivity contribution in [1.29, 1.82) is 0 Å². The molecule has 21 heavy (non-hydrogen) atoms. The third-order valence-electron chi connectivity index (χ3n) is 2.65. The first kappa shape index (κ1) is 18.1. The number of rotatable bonds is 7. The summed E-state index contributed by atoms with van der Waals surface area (Å²) in [6.07, 6.45) is 2.66. The summed E-state index contributed by atoms with van der Waals surface area (Å²) in [5.74, 6) is 0.0541. The van der Waals surface area contributed by atoms with Crippen molar-refractivity contribution in [2.75, 3.05) is 30.4 Å². The molecule has 116 valence electrons. The molecule has 1 N–H and O–H groups in total. The molecule has 0 radical (unpaired) electrons. The van der Waals surface area contributed by atoms with Gasteiger partial charge >= 0.3 is 0 Å². The molecule has 0 fully saturated rings. The van der Waals surface area contributed by atoms with E-state index in [-0.39, 0.29) is 18.4 Å². The van der Waals surface area contributed by atoms with Gasteiger partial charge in [0.1, 0.15) is 0 Å². The van der Waals surface area contributed by atoms with E-state index in [2.05, 4.69) is 5.32 Å². The van der Waals surface area contributed by atoms with Crippen molar-refractivity contribution in [2.24, 2.45) is 0 Å². The van der Waals surface area contributed by atoms with Crippen molar-refractivity contribution in [3.8, 4) is 0 Å². The van der Waals surface area contributed by atoms with Gasteiger partial charge in [0.15, 0.2) is 0 Å². The van der Waals surface area contributed by atoms with Crippen molar-refractivity contribution >= 4 is 52.5 Å². The molecule has 0 saturated heterocycles. The predicted molar refractivity (Wildman–Crippen MR) is 90.3 cm³/mol. The van der Waals surface area contributed by atoms with E-state index in [0.717, 1.165) is 6.42 Å². The topological polar surface area (TPSA) is 49.4 Å². The van der Waals surface area contributed by atoms with Crippen LogP contribution in [0.15, 0.2) is 18.2 Å². The van der Waals surface area contributed by atoms with Gasteiger partial charge in [0.05, 0.1) is 23.0 Å².